The molecule has 0 aromatic carbocycles. The molecule has 4 rings (SSSR count). The Hall–Kier alpha value is -1.14. The number of piperidine rings is 1. The number of hydrogen-bond donors (Lipinski definition) is 0. The van der Waals surface area contributed by atoms with Gasteiger partial charge in [-0.25, -0.2) is 9.97 Å². The molecule has 25 heavy (non-hydrogen) atoms. The van der Waals surface area contributed by atoms with Crippen LogP contribution in [0.25, 0.3) is 10.2 Å². The fourth-order valence-corrected chi connectivity index (χ4v) is 6.34. The molecule has 0 N–H and O–H groups in total. The van der Waals surface area contributed by atoms with Gasteiger partial charge in [-0.2, -0.15) is 0 Å². The molecule has 2 aliphatic rings. The maximum Gasteiger partial charge on any atom is 0.233 e. The van der Waals surface area contributed by atoms with Gasteiger partial charge < -0.3 is 4.90 Å². The topological polar surface area (TPSA) is 46.1 Å². The van der Waals surface area contributed by atoms with Crippen LogP contribution < -0.4 is 0 Å². The van der Waals surface area contributed by atoms with Gasteiger partial charge in [0.05, 0.1) is 5.75 Å². The molecule has 6 heteroatoms. The Kier molecular flexibility index (Phi) is 5.27. The van der Waals surface area contributed by atoms with E-state index < -0.39 is 0 Å². The second kappa shape index (κ2) is 7.62. The number of aromatic nitrogens is 2. The van der Waals surface area contributed by atoms with Crippen molar-refractivity contribution in [2.45, 2.75) is 69.4 Å². The van der Waals surface area contributed by atoms with E-state index in [-0.39, 0.29) is 5.91 Å². The van der Waals surface area contributed by atoms with Crippen LogP contribution in [0.1, 0.15) is 55.9 Å². The predicted octanol–water partition coefficient (Wildman–Crippen LogP) is 4.45. The highest BCUT2D eigenvalue weighted by molar-refractivity contribution is 8.00. The Balaban J connectivity index is 1.53. The van der Waals surface area contributed by atoms with Crippen LogP contribution in [0.3, 0.4) is 0 Å². The number of carbonyl (C=O) groups excluding carboxylic acids is 1. The molecule has 1 unspecified atom stereocenters. The number of likely N-dealkylation sites (tertiary alicyclic amines) is 1. The van der Waals surface area contributed by atoms with Gasteiger partial charge in [0.15, 0.2) is 0 Å². The number of amides is 1. The quantitative estimate of drug-likeness (QED) is 0.585. The fraction of sp³-hybridized carbons (Fsp3) is 0.632. The van der Waals surface area contributed by atoms with Crippen LogP contribution >= 0.6 is 23.1 Å². The normalized spacial score (nSPS) is 20.7. The lowest BCUT2D eigenvalue weighted by Gasteiger charge is -2.35. The van der Waals surface area contributed by atoms with Crippen LogP contribution in [0.4, 0.5) is 0 Å². The minimum absolute atomic E-state index is 0.271. The smallest absolute Gasteiger partial charge is 0.233 e. The van der Waals surface area contributed by atoms with Crippen LogP contribution in [0, 0.1) is 0 Å². The Morgan fingerprint density at radius 1 is 1.28 bits per heavy atom. The van der Waals surface area contributed by atoms with E-state index >= 15 is 0 Å². The van der Waals surface area contributed by atoms with E-state index in [0.29, 0.717) is 11.8 Å². The minimum atomic E-state index is 0.271. The fourth-order valence-electron chi connectivity index (χ4n) is 4.14. The molecule has 1 saturated heterocycles. The summed E-state index contributed by atoms with van der Waals surface area (Å²) in [5.74, 6) is 0.764. The summed E-state index contributed by atoms with van der Waals surface area (Å²) in [4.78, 5) is 26.5. The molecule has 0 bridgehead atoms. The molecular formula is C19H25N3OS2. The zero-order valence-corrected chi connectivity index (χ0v) is 16.4. The summed E-state index contributed by atoms with van der Waals surface area (Å²) in [5, 5.41) is 2.23. The lowest BCUT2D eigenvalue weighted by atomic mass is 9.97. The SMILES string of the molecule is CCC1CCCCN1C(=O)CSc1ncnc2sc3c(c12)CCCC3. The number of nitrogens with zero attached hydrogens (tertiary/aromatic N) is 3. The number of thiophene rings is 1. The standard InChI is InChI=1S/C19H25N3OS2/c1-2-13-7-5-6-10-22(13)16(23)11-24-18-17-14-8-3-4-9-15(14)25-19(17)21-12-20-18/h12-13H,2-11H2,1H3. The van der Waals surface area contributed by atoms with Gasteiger partial charge in [-0.15, -0.1) is 11.3 Å². The van der Waals surface area contributed by atoms with Gasteiger partial charge in [-0.3, -0.25) is 4.79 Å². The summed E-state index contributed by atoms with van der Waals surface area (Å²) in [5.41, 5.74) is 1.45. The second-order valence-electron chi connectivity index (χ2n) is 7.00. The highest BCUT2D eigenvalue weighted by Gasteiger charge is 2.26. The van der Waals surface area contributed by atoms with Gasteiger partial charge in [0.2, 0.25) is 5.91 Å². The largest absolute Gasteiger partial charge is 0.339 e. The Morgan fingerprint density at radius 2 is 2.16 bits per heavy atom. The molecular weight excluding hydrogens is 350 g/mol. The first-order valence-electron chi connectivity index (χ1n) is 9.45. The highest BCUT2D eigenvalue weighted by Crippen LogP contribution is 2.39. The molecule has 1 aliphatic carbocycles. The average molecular weight is 376 g/mol. The first kappa shape index (κ1) is 17.3. The lowest BCUT2D eigenvalue weighted by molar-refractivity contribution is -0.132. The number of aryl methyl sites for hydroxylation is 2. The molecule has 0 saturated carbocycles. The molecule has 4 nitrogen and oxygen atoms in total. The van der Waals surface area contributed by atoms with Crippen molar-refractivity contribution in [3.63, 3.8) is 0 Å². The molecule has 3 heterocycles. The van der Waals surface area contributed by atoms with Gasteiger partial charge >= 0.3 is 0 Å². The third kappa shape index (κ3) is 3.43. The van der Waals surface area contributed by atoms with E-state index in [9.17, 15) is 4.79 Å². The van der Waals surface area contributed by atoms with Gasteiger partial charge in [-0.1, -0.05) is 18.7 Å². The predicted molar refractivity (Wildman–Crippen MR) is 104 cm³/mol. The number of rotatable bonds is 4. The van der Waals surface area contributed by atoms with Crippen molar-refractivity contribution in [3.05, 3.63) is 16.8 Å². The van der Waals surface area contributed by atoms with Gasteiger partial charge in [-0.05, 0) is 56.9 Å². The number of hydrogen-bond acceptors (Lipinski definition) is 5. The molecule has 1 fully saturated rings. The molecule has 1 aliphatic heterocycles. The summed E-state index contributed by atoms with van der Waals surface area (Å²) in [6.45, 7) is 3.11. The maximum absolute atomic E-state index is 12.8. The van der Waals surface area contributed by atoms with Gasteiger partial charge in [0.1, 0.15) is 16.2 Å². The number of fused-ring (bicyclic) bond motifs is 3. The minimum Gasteiger partial charge on any atom is -0.339 e. The first-order valence-corrected chi connectivity index (χ1v) is 11.3. The highest BCUT2D eigenvalue weighted by atomic mass is 32.2. The molecule has 1 atom stereocenters. The van der Waals surface area contributed by atoms with E-state index in [0.717, 1.165) is 42.1 Å². The second-order valence-corrected chi connectivity index (χ2v) is 9.05. The van der Waals surface area contributed by atoms with E-state index in [1.54, 1.807) is 18.1 Å². The van der Waals surface area contributed by atoms with Gasteiger partial charge in [0, 0.05) is 22.8 Å². The summed E-state index contributed by atoms with van der Waals surface area (Å²) >= 11 is 3.43. The van der Waals surface area contributed by atoms with E-state index in [2.05, 4.69) is 21.8 Å². The Labute approximate surface area is 157 Å². The summed E-state index contributed by atoms with van der Waals surface area (Å²) in [6, 6.07) is 0.432. The third-order valence-corrected chi connectivity index (χ3v) is 7.64. The van der Waals surface area contributed by atoms with Crippen molar-refractivity contribution in [1.29, 1.82) is 0 Å². The van der Waals surface area contributed by atoms with E-state index in [1.807, 2.05) is 11.3 Å². The maximum atomic E-state index is 12.8. The van der Waals surface area contributed by atoms with Crippen molar-refractivity contribution in [2.24, 2.45) is 0 Å². The van der Waals surface area contributed by atoms with Crippen molar-refractivity contribution in [2.75, 3.05) is 12.3 Å². The van der Waals surface area contributed by atoms with Crippen LogP contribution in [0.15, 0.2) is 11.4 Å². The molecule has 0 spiro atoms. The van der Waals surface area contributed by atoms with E-state index in [1.165, 1.54) is 41.5 Å². The summed E-state index contributed by atoms with van der Waals surface area (Å²) < 4.78 is 0. The first-order chi connectivity index (χ1) is 12.3. The van der Waals surface area contributed by atoms with Crippen molar-refractivity contribution in [3.8, 4) is 0 Å². The summed E-state index contributed by atoms with van der Waals surface area (Å²) in [6.07, 6.45) is 11.1. The average Bonchev–Trinajstić information content (AvgIpc) is 3.05. The van der Waals surface area contributed by atoms with Crippen LogP contribution in [-0.4, -0.2) is 39.1 Å². The monoisotopic (exact) mass is 375 g/mol. The van der Waals surface area contributed by atoms with Crippen molar-refractivity contribution < 1.29 is 4.79 Å². The van der Waals surface area contributed by atoms with Crippen LogP contribution in [0.2, 0.25) is 0 Å². The molecule has 2 aromatic rings. The third-order valence-electron chi connectivity index (χ3n) is 5.47. The van der Waals surface area contributed by atoms with Gasteiger partial charge in [0.25, 0.3) is 0 Å². The molecule has 2 aromatic heterocycles. The van der Waals surface area contributed by atoms with Crippen LogP contribution in [-0.2, 0) is 17.6 Å². The van der Waals surface area contributed by atoms with Crippen LogP contribution in [0.5, 0.6) is 0 Å². The Morgan fingerprint density at radius 3 is 3.04 bits per heavy atom. The van der Waals surface area contributed by atoms with Crippen molar-refractivity contribution >= 4 is 39.2 Å². The van der Waals surface area contributed by atoms with Crippen molar-refractivity contribution in [1.82, 2.24) is 14.9 Å². The molecule has 1 amide bonds. The lowest BCUT2D eigenvalue weighted by Crippen LogP contribution is -2.44. The Bertz CT molecular complexity index is 773. The number of carbonyl (C=O) groups is 1. The van der Waals surface area contributed by atoms with E-state index in [4.69, 9.17) is 0 Å². The number of thioether (sulfide) groups is 1. The molecule has 0 radical (unpaired) electrons. The molecule has 134 valence electrons. The zero-order chi connectivity index (χ0) is 17.2. The summed E-state index contributed by atoms with van der Waals surface area (Å²) in [7, 11) is 0. The zero-order valence-electron chi connectivity index (χ0n) is 14.8.